The monoisotopic (exact) mass is 308 g/mol. The molecule has 0 saturated heterocycles. The van der Waals surface area contributed by atoms with E-state index < -0.39 is 0 Å². The van der Waals surface area contributed by atoms with Crippen molar-refractivity contribution in [1.29, 1.82) is 0 Å². The number of benzene rings is 2. The summed E-state index contributed by atoms with van der Waals surface area (Å²) in [6.07, 6.45) is 1.32. The summed E-state index contributed by atoms with van der Waals surface area (Å²) >= 11 is 6.84. The molecule has 0 aliphatic heterocycles. The third-order valence-electron chi connectivity index (χ3n) is 6.68. The Kier molecular flexibility index (Phi) is 2.50. The molecule has 1 heteroatoms. The SMILES string of the molecule is Cc1ccc(C2(c3ccc(C)cc3)[C@@H]3[C@@H]4C[C@@H]2[C@@H](Cl)[C@H]43)cc1. The minimum atomic E-state index is 0.170. The fourth-order valence-electron chi connectivity index (χ4n) is 5.79. The minimum absolute atomic E-state index is 0.170. The molecule has 0 aromatic heterocycles. The Bertz CT molecular complexity index is 682. The second kappa shape index (κ2) is 4.17. The molecule has 0 spiro atoms. The van der Waals surface area contributed by atoms with Gasteiger partial charge in [0.25, 0.3) is 0 Å². The zero-order valence-corrected chi connectivity index (χ0v) is 13.8. The lowest BCUT2D eigenvalue weighted by molar-refractivity contribution is 0.400. The van der Waals surface area contributed by atoms with E-state index in [4.69, 9.17) is 11.6 Å². The van der Waals surface area contributed by atoms with Crippen LogP contribution in [0.3, 0.4) is 0 Å². The smallest absolute Gasteiger partial charge is 0.0410 e. The van der Waals surface area contributed by atoms with Crippen LogP contribution in [0.5, 0.6) is 0 Å². The van der Waals surface area contributed by atoms with Crippen molar-refractivity contribution < 1.29 is 0 Å². The first kappa shape index (κ1) is 13.2. The van der Waals surface area contributed by atoms with Crippen molar-refractivity contribution in [2.24, 2.45) is 23.7 Å². The molecular formula is C21H21Cl. The fourth-order valence-corrected chi connectivity index (χ4v) is 6.44. The highest BCUT2D eigenvalue weighted by molar-refractivity contribution is 6.22. The predicted molar refractivity (Wildman–Crippen MR) is 91.4 cm³/mol. The Morgan fingerprint density at radius 3 is 1.68 bits per heavy atom. The number of alkyl halides is 1. The quantitative estimate of drug-likeness (QED) is 0.678. The Morgan fingerprint density at radius 2 is 1.36 bits per heavy atom. The van der Waals surface area contributed by atoms with Gasteiger partial charge in [0.15, 0.2) is 0 Å². The van der Waals surface area contributed by atoms with E-state index in [0.29, 0.717) is 11.3 Å². The Morgan fingerprint density at radius 1 is 0.864 bits per heavy atom. The lowest BCUT2D eigenvalue weighted by Crippen LogP contribution is -2.34. The van der Waals surface area contributed by atoms with Gasteiger partial charge in [-0.15, -0.1) is 11.6 Å². The van der Waals surface area contributed by atoms with Gasteiger partial charge in [-0.25, -0.2) is 0 Å². The summed E-state index contributed by atoms with van der Waals surface area (Å²) in [6.45, 7) is 4.34. The lowest BCUT2D eigenvalue weighted by Gasteiger charge is -2.36. The number of rotatable bonds is 2. The zero-order chi connectivity index (χ0) is 15.1. The van der Waals surface area contributed by atoms with Gasteiger partial charge in [-0.2, -0.15) is 0 Å². The second-order valence-corrected chi connectivity index (χ2v) is 8.16. The highest BCUT2D eigenvalue weighted by atomic mass is 35.5. The summed E-state index contributed by atoms with van der Waals surface area (Å²) in [5, 5.41) is 0.373. The third-order valence-corrected chi connectivity index (χ3v) is 7.27. The van der Waals surface area contributed by atoms with Crippen molar-refractivity contribution in [3.05, 3.63) is 70.8 Å². The predicted octanol–water partition coefficient (Wildman–Crippen LogP) is 5.09. The van der Waals surface area contributed by atoms with Crippen LogP contribution < -0.4 is 0 Å². The molecule has 2 aromatic rings. The van der Waals surface area contributed by atoms with E-state index >= 15 is 0 Å². The van der Waals surface area contributed by atoms with Gasteiger partial charge in [0.1, 0.15) is 0 Å². The van der Waals surface area contributed by atoms with Crippen molar-refractivity contribution in [1.82, 2.24) is 0 Å². The Hall–Kier alpha value is -1.27. The molecule has 2 aromatic carbocycles. The van der Waals surface area contributed by atoms with E-state index in [-0.39, 0.29) is 5.41 Å². The largest absolute Gasteiger partial charge is 0.122 e. The van der Waals surface area contributed by atoms with Crippen molar-refractivity contribution in [2.45, 2.75) is 31.1 Å². The highest BCUT2D eigenvalue weighted by Crippen LogP contribution is 2.81. The summed E-state index contributed by atoms with van der Waals surface area (Å²) in [7, 11) is 0. The van der Waals surface area contributed by atoms with Crippen LogP contribution in [0.2, 0.25) is 0 Å². The van der Waals surface area contributed by atoms with Crippen LogP contribution in [0.15, 0.2) is 48.5 Å². The number of hydrogen-bond acceptors (Lipinski definition) is 0. The fraction of sp³-hybridized carbons (Fsp3) is 0.429. The van der Waals surface area contributed by atoms with Gasteiger partial charge in [-0.1, -0.05) is 59.7 Å². The van der Waals surface area contributed by atoms with Crippen LogP contribution >= 0.6 is 11.6 Å². The molecule has 4 bridgehead atoms. The number of aryl methyl sites for hydroxylation is 2. The van der Waals surface area contributed by atoms with Gasteiger partial charge in [0.05, 0.1) is 0 Å². The maximum absolute atomic E-state index is 6.84. The number of hydrogen-bond donors (Lipinski definition) is 0. The first-order valence-corrected chi connectivity index (χ1v) is 8.86. The Balaban J connectivity index is 1.74. The zero-order valence-electron chi connectivity index (χ0n) is 13.1. The van der Waals surface area contributed by atoms with E-state index in [1.165, 1.54) is 28.7 Å². The standard InChI is InChI=1S/C21H21Cl/c1-12-3-7-14(8-4-12)21(15-9-5-13(2)6-10-15)17-11-16-18(19(16)21)20(17)22/h3-10,16-20H,11H2,1-2H3/t16-,17-,18-,19-,20-/m1/s1. The molecule has 0 nitrogen and oxygen atoms in total. The van der Waals surface area contributed by atoms with Crippen LogP contribution in [0.1, 0.15) is 28.7 Å². The minimum Gasteiger partial charge on any atom is -0.122 e. The van der Waals surface area contributed by atoms with Crippen molar-refractivity contribution >= 4 is 11.6 Å². The van der Waals surface area contributed by atoms with E-state index in [1.807, 2.05) is 0 Å². The number of halogens is 1. The van der Waals surface area contributed by atoms with E-state index in [1.54, 1.807) is 0 Å². The average molecular weight is 309 g/mol. The van der Waals surface area contributed by atoms with Gasteiger partial charge in [-0.05, 0) is 55.1 Å². The molecule has 4 aliphatic carbocycles. The van der Waals surface area contributed by atoms with Crippen molar-refractivity contribution in [3.8, 4) is 0 Å². The molecule has 4 fully saturated rings. The first-order valence-electron chi connectivity index (χ1n) is 8.42. The second-order valence-electron chi connectivity index (χ2n) is 7.65. The highest BCUT2D eigenvalue weighted by Gasteiger charge is 2.80. The van der Waals surface area contributed by atoms with E-state index in [9.17, 15) is 0 Å². The molecular weight excluding hydrogens is 288 g/mol. The average Bonchev–Trinajstić information content (AvgIpc) is 2.86. The maximum Gasteiger partial charge on any atom is 0.0410 e. The van der Waals surface area contributed by atoms with Crippen LogP contribution in [-0.2, 0) is 5.41 Å². The summed E-state index contributed by atoms with van der Waals surface area (Å²) in [5.74, 6) is 3.01. The first-order chi connectivity index (χ1) is 10.6. The van der Waals surface area contributed by atoms with Crippen LogP contribution in [0, 0.1) is 37.5 Å². The summed E-state index contributed by atoms with van der Waals surface area (Å²) in [6, 6.07) is 18.5. The van der Waals surface area contributed by atoms with E-state index in [0.717, 1.165) is 17.8 Å². The maximum atomic E-state index is 6.84. The molecule has 0 N–H and O–H groups in total. The lowest BCUT2D eigenvalue weighted by atomic mass is 9.67. The molecule has 0 radical (unpaired) electrons. The van der Waals surface area contributed by atoms with Crippen molar-refractivity contribution in [2.75, 3.05) is 0 Å². The van der Waals surface area contributed by atoms with Crippen LogP contribution in [-0.4, -0.2) is 5.38 Å². The van der Waals surface area contributed by atoms with Gasteiger partial charge in [0, 0.05) is 10.8 Å². The molecule has 0 amide bonds. The van der Waals surface area contributed by atoms with Crippen LogP contribution in [0.4, 0.5) is 0 Å². The molecule has 22 heavy (non-hydrogen) atoms. The Labute approximate surface area is 137 Å². The van der Waals surface area contributed by atoms with E-state index in [2.05, 4.69) is 62.4 Å². The van der Waals surface area contributed by atoms with Gasteiger partial charge in [-0.3, -0.25) is 0 Å². The van der Waals surface area contributed by atoms with Gasteiger partial charge >= 0.3 is 0 Å². The molecule has 112 valence electrons. The molecule has 6 rings (SSSR count). The molecule has 0 heterocycles. The molecule has 4 aliphatic rings. The topological polar surface area (TPSA) is 0 Å². The van der Waals surface area contributed by atoms with Crippen molar-refractivity contribution in [3.63, 3.8) is 0 Å². The summed E-state index contributed by atoms with van der Waals surface area (Å²) in [5.41, 5.74) is 5.82. The molecule has 0 unspecified atom stereocenters. The van der Waals surface area contributed by atoms with Gasteiger partial charge < -0.3 is 0 Å². The molecule has 5 atom stereocenters. The summed E-state index contributed by atoms with van der Waals surface area (Å²) in [4.78, 5) is 0. The summed E-state index contributed by atoms with van der Waals surface area (Å²) < 4.78 is 0. The van der Waals surface area contributed by atoms with Gasteiger partial charge in [0.2, 0.25) is 0 Å². The molecule has 4 saturated carbocycles. The third kappa shape index (κ3) is 1.41. The van der Waals surface area contributed by atoms with Crippen LogP contribution in [0.25, 0.3) is 0 Å². The normalized spacial score (nSPS) is 36.6.